The Hall–Kier alpha value is -4.08. The van der Waals surface area contributed by atoms with Crippen LogP contribution in [0.1, 0.15) is 28.1 Å². The number of hydrogen-bond donors (Lipinski definition) is 1. The maximum Gasteiger partial charge on any atom is 0.264 e. The molecule has 4 aromatic rings. The summed E-state index contributed by atoms with van der Waals surface area (Å²) in [6.45, 7) is 7.60. The zero-order chi connectivity index (χ0) is 29.0. The van der Waals surface area contributed by atoms with Crippen LogP contribution in [-0.2, 0) is 14.8 Å². The van der Waals surface area contributed by atoms with Gasteiger partial charge in [-0.3, -0.25) is 9.10 Å². The lowest BCUT2D eigenvalue weighted by molar-refractivity contribution is -0.119. The fraction of sp³-hybridized carbons (Fsp3) is 0.200. The van der Waals surface area contributed by atoms with Gasteiger partial charge in [0.2, 0.25) is 0 Å². The highest BCUT2D eigenvalue weighted by Crippen LogP contribution is 2.32. The smallest absolute Gasteiger partial charge is 0.264 e. The van der Waals surface area contributed by atoms with Crippen LogP contribution < -0.4 is 14.5 Å². The van der Waals surface area contributed by atoms with Gasteiger partial charge in [0, 0.05) is 22.6 Å². The van der Waals surface area contributed by atoms with Crippen LogP contribution in [-0.4, -0.2) is 38.8 Å². The van der Waals surface area contributed by atoms with E-state index in [2.05, 4.69) is 47.1 Å². The zero-order valence-corrected chi connectivity index (χ0v) is 24.5. The third-order valence-corrected chi connectivity index (χ3v) is 8.58. The Morgan fingerprint density at radius 2 is 1.75 bits per heavy atom. The molecule has 40 heavy (non-hydrogen) atoms. The summed E-state index contributed by atoms with van der Waals surface area (Å²) >= 11 is 6.28. The van der Waals surface area contributed by atoms with E-state index in [1.54, 1.807) is 30.5 Å². The van der Waals surface area contributed by atoms with Crippen molar-refractivity contribution in [2.24, 2.45) is 5.10 Å². The average molecular weight is 579 g/mol. The largest absolute Gasteiger partial charge is 0.495 e. The number of halogens is 1. The van der Waals surface area contributed by atoms with Crippen molar-refractivity contribution in [3.05, 3.63) is 106 Å². The number of amides is 1. The van der Waals surface area contributed by atoms with E-state index in [0.717, 1.165) is 32.5 Å². The summed E-state index contributed by atoms with van der Waals surface area (Å²) < 4.78 is 35.4. The van der Waals surface area contributed by atoms with Gasteiger partial charge in [0.05, 0.1) is 28.9 Å². The number of rotatable bonds is 9. The number of carbonyl (C=O) groups is 1. The number of methoxy groups -OCH3 is 1. The first-order valence-electron chi connectivity index (χ1n) is 12.5. The van der Waals surface area contributed by atoms with Crippen molar-refractivity contribution in [2.75, 3.05) is 18.0 Å². The number of ether oxygens (including phenoxy) is 1. The molecule has 0 saturated carbocycles. The number of carbonyl (C=O) groups excluding carboxylic acids is 1. The number of hydrazone groups is 1. The number of aryl methyl sites for hydroxylation is 3. The van der Waals surface area contributed by atoms with E-state index in [9.17, 15) is 13.2 Å². The van der Waals surface area contributed by atoms with Crippen molar-refractivity contribution < 1.29 is 17.9 Å². The summed E-state index contributed by atoms with van der Waals surface area (Å²) in [4.78, 5) is 13.0. The van der Waals surface area contributed by atoms with E-state index in [0.29, 0.717) is 5.75 Å². The van der Waals surface area contributed by atoms with E-state index in [1.165, 1.54) is 36.9 Å². The molecule has 0 aliphatic heterocycles. The van der Waals surface area contributed by atoms with Crippen LogP contribution in [0.5, 0.6) is 5.75 Å². The van der Waals surface area contributed by atoms with Gasteiger partial charge in [-0.1, -0.05) is 47.5 Å². The summed E-state index contributed by atoms with van der Waals surface area (Å²) in [5.41, 5.74) is 8.90. The topological polar surface area (TPSA) is 93.0 Å². The quantitative estimate of drug-likeness (QED) is 0.203. The minimum absolute atomic E-state index is 0.0390. The SMILES string of the molecule is COc1ccc(N(CC(=O)N/N=C/c2cc(C)n(-c3ccc(C)cc3C)c2C)S(=O)(=O)c2ccccc2)cc1Cl. The molecule has 0 radical (unpaired) electrons. The second kappa shape index (κ2) is 12.0. The molecule has 1 heterocycles. The lowest BCUT2D eigenvalue weighted by Crippen LogP contribution is -2.39. The Morgan fingerprint density at radius 3 is 2.40 bits per heavy atom. The zero-order valence-electron chi connectivity index (χ0n) is 23.0. The Bertz CT molecular complexity index is 1680. The summed E-state index contributed by atoms with van der Waals surface area (Å²) in [7, 11) is -2.63. The first-order chi connectivity index (χ1) is 19.0. The van der Waals surface area contributed by atoms with Gasteiger partial charge in [-0.05, 0) is 75.7 Å². The van der Waals surface area contributed by atoms with Crippen molar-refractivity contribution in [1.29, 1.82) is 0 Å². The third kappa shape index (κ3) is 6.05. The number of hydrogen-bond acceptors (Lipinski definition) is 5. The van der Waals surface area contributed by atoms with E-state index in [1.807, 2.05) is 19.9 Å². The molecule has 0 bridgehead atoms. The lowest BCUT2D eigenvalue weighted by Gasteiger charge is -2.24. The minimum Gasteiger partial charge on any atom is -0.495 e. The molecule has 4 rings (SSSR count). The van der Waals surface area contributed by atoms with Crippen molar-refractivity contribution in [2.45, 2.75) is 32.6 Å². The first-order valence-corrected chi connectivity index (χ1v) is 14.3. The fourth-order valence-electron chi connectivity index (χ4n) is 4.53. The predicted octanol–water partition coefficient (Wildman–Crippen LogP) is 5.72. The molecule has 0 fully saturated rings. The van der Waals surface area contributed by atoms with Crippen LogP contribution in [0.25, 0.3) is 5.69 Å². The Labute approximate surface area is 239 Å². The maximum absolute atomic E-state index is 13.5. The standard InChI is InChI=1S/C30H31ClN4O4S/c1-20-11-13-28(21(2)15-20)35-22(3)16-24(23(35)4)18-32-33-30(36)19-34(25-12-14-29(39-5)27(31)17-25)40(37,38)26-9-7-6-8-10-26/h6-18H,19H2,1-5H3,(H,33,36)/b32-18+. The second-order valence-electron chi connectivity index (χ2n) is 9.39. The molecule has 208 valence electrons. The number of anilines is 1. The molecule has 0 unspecified atom stereocenters. The summed E-state index contributed by atoms with van der Waals surface area (Å²) in [6, 6.07) is 20.7. The van der Waals surface area contributed by atoms with Crippen LogP contribution in [0.2, 0.25) is 5.02 Å². The molecule has 8 nitrogen and oxygen atoms in total. The molecule has 3 aromatic carbocycles. The van der Waals surface area contributed by atoms with Crippen molar-refractivity contribution >= 4 is 39.4 Å². The van der Waals surface area contributed by atoms with Crippen molar-refractivity contribution in [1.82, 2.24) is 9.99 Å². The molecule has 0 aliphatic rings. The van der Waals surface area contributed by atoms with Gasteiger partial charge in [0.15, 0.2) is 0 Å². The van der Waals surface area contributed by atoms with Gasteiger partial charge in [0.25, 0.3) is 15.9 Å². The molecule has 0 saturated heterocycles. The van der Waals surface area contributed by atoms with Crippen LogP contribution in [0.4, 0.5) is 5.69 Å². The fourth-order valence-corrected chi connectivity index (χ4v) is 6.22. The molecule has 0 spiro atoms. The number of sulfonamides is 1. The van der Waals surface area contributed by atoms with Crippen LogP contribution in [0.15, 0.2) is 82.8 Å². The maximum atomic E-state index is 13.5. The molecule has 10 heteroatoms. The molecule has 0 aliphatic carbocycles. The average Bonchev–Trinajstić information content (AvgIpc) is 3.20. The first kappa shape index (κ1) is 28.9. The van der Waals surface area contributed by atoms with Crippen molar-refractivity contribution in [3.63, 3.8) is 0 Å². The highest BCUT2D eigenvalue weighted by atomic mass is 35.5. The summed E-state index contributed by atoms with van der Waals surface area (Å²) in [5, 5.41) is 4.34. The number of nitrogens with one attached hydrogen (secondary N) is 1. The van der Waals surface area contributed by atoms with Gasteiger partial charge < -0.3 is 9.30 Å². The monoisotopic (exact) mass is 578 g/mol. The normalized spacial score (nSPS) is 11.6. The van der Waals surface area contributed by atoms with Crippen LogP contribution in [0, 0.1) is 27.7 Å². The predicted molar refractivity (Wildman–Crippen MR) is 159 cm³/mol. The van der Waals surface area contributed by atoms with E-state index >= 15 is 0 Å². The van der Waals surface area contributed by atoms with Gasteiger partial charge in [-0.2, -0.15) is 5.10 Å². The van der Waals surface area contributed by atoms with Gasteiger partial charge in [-0.25, -0.2) is 13.8 Å². The molecular weight excluding hydrogens is 548 g/mol. The van der Waals surface area contributed by atoms with Gasteiger partial charge in [-0.15, -0.1) is 0 Å². The number of aromatic nitrogens is 1. The molecule has 0 atom stereocenters. The number of benzene rings is 3. The molecule has 1 N–H and O–H groups in total. The Kier molecular flexibility index (Phi) is 8.66. The highest BCUT2D eigenvalue weighted by Gasteiger charge is 2.27. The van der Waals surface area contributed by atoms with E-state index in [-0.39, 0.29) is 15.6 Å². The van der Waals surface area contributed by atoms with Crippen molar-refractivity contribution in [3.8, 4) is 11.4 Å². The van der Waals surface area contributed by atoms with E-state index < -0.39 is 22.5 Å². The number of nitrogens with zero attached hydrogens (tertiary/aromatic N) is 3. The summed E-state index contributed by atoms with van der Waals surface area (Å²) in [5.74, 6) is -0.235. The van der Waals surface area contributed by atoms with E-state index in [4.69, 9.17) is 16.3 Å². The van der Waals surface area contributed by atoms with Gasteiger partial charge in [0.1, 0.15) is 12.3 Å². The summed E-state index contributed by atoms with van der Waals surface area (Å²) in [6.07, 6.45) is 1.56. The highest BCUT2D eigenvalue weighted by molar-refractivity contribution is 7.92. The molecular formula is C30H31ClN4O4S. The second-order valence-corrected chi connectivity index (χ2v) is 11.7. The van der Waals surface area contributed by atoms with Gasteiger partial charge >= 0.3 is 0 Å². The minimum atomic E-state index is -4.09. The molecule has 1 aromatic heterocycles. The van der Waals surface area contributed by atoms with Crippen LogP contribution >= 0.6 is 11.6 Å². The van der Waals surface area contributed by atoms with Crippen LogP contribution in [0.3, 0.4) is 0 Å². The lowest BCUT2D eigenvalue weighted by atomic mass is 10.1. The third-order valence-electron chi connectivity index (χ3n) is 6.50. The Morgan fingerprint density at radius 1 is 1.02 bits per heavy atom. The molecule has 1 amide bonds. The Balaban J connectivity index is 1.58.